The van der Waals surface area contributed by atoms with E-state index in [1.807, 2.05) is 93.6 Å². The molecule has 0 spiro atoms. The zero-order chi connectivity index (χ0) is 25.7. The highest BCUT2D eigenvalue weighted by Gasteiger charge is 2.22. The summed E-state index contributed by atoms with van der Waals surface area (Å²) in [5, 5.41) is 0.735. The predicted molar refractivity (Wildman–Crippen MR) is 143 cm³/mol. The standard InChI is InChI=1S/C31H31NO4/c1-5-32(6-2)29(34)19-21(3)25-17-18-27(31-26(25)20-28(36-31)22(4)33)35-30(23-13-9-7-10-14-23)24-15-11-8-12-16-24/h7-20,30H,5-6H2,1-4H3/b21-19+. The Morgan fingerprint density at radius 2 is 1.47 bits per heavy atom. The van der Waals surface area contributed by atoms with Crippen LogP contribution in [0.25, 0.3) is 16.5 Å². The Balaban J connectivity index is 1.81. The van der Waals surface area contributed by atoms with Crippen molar-refractivity contribution in [2.24, 2.45) is 0 Å². The van der Waals surface area contributed by atoms with E-state index in [0.717, 1.165) is 27.6 Å². The van der Waals surface area contributed by atoms with Crippen molar-refractivity contribution in [3.05, 3.63) is 107 Å². The fraction of sp³-hybridized carbons (Fsp3) is 0.226. The molecule has 1 heterocycles. The average molecular weight is 482 g/mol. The number of Topliss-reactive ketones (excluding diaryl/α,β-unsaturated/α-hetero) is 1. The molecule has 0 aliphatic heterocycles. The van der Waals surface area contributed by atoms with Crippen LogP contribution in [0.15, 0.2) is 89.4 Å². The van der Waals surface area contributed by atoms with Gasteiger partial charge in [0.25, 0.3) is 0 Å². The number of ether oxygens (including phenoxy) is 1. The Hall–Kier alpha value is -4.12. The van der Waals surface area contributed by atoms with Crippen molar-refractivity contribution in [3.8, 4) is 5.75 Å². The molecule has 184 valence electrons. The molecule has 0 bridgehead atoms. The Morgan fingerprint density at radius 3 is 2.00 bits per heavy atom. The van der Waals surface area contributed by atoms with Crippen molar-refractivity contribution in [3.63, 3.8) is 0 Å². The van der Waals surface area contributed by atoms with E-state index in [-0.39, 0.29) is 23.6 Å². The number of likely N-dealkylation sites (N-methyl/N-ethyl adjacent to an activating group) is 1. The summed E-state index contributed by atoms with van der Waals surface area (Å²) in [6.07, 6.45) is 1.27. The van der Waals surface area contributed by atoms with Crippen molar-refractivity contribution in [2.75, 3.05) is 13.1 Å². The van der Waals surface area contributed by atoms with E-state index in [4.69, 9.17) is 9.15 Å². The van der Waals surface area contributed by atoms with Crippen LogP contribution in [0.3, 0.4) is 0 Å². The molecule has 0 aliphatic carbocycles. The lowest BCUT2D eigenvalue weighted by molar-refractivity contribution is -0.125. The third-order valence-corrected chi connectivity index (χ3v) is 6.28. The Morgan fingerprint density at radius 1 is 0.889 bits per heavy atom. The highest BCUT2D eigenvalue weighted by Crippen LogP contribution is 2.38. The number of hydrogen-bond donors (Lipinski definition) is 0. The first-order valence-electron chi connectivity index (χ1n) is 12.2. The van der Waals surface area contributed by atoms with Gasteiger partial charge in [0.2, 0.25) is 5.91 Å². The van der Waals surface area contributed by atoms with Crippen LogP contribution in [-0.4, -0.2) is 29.7 Å². The fourth-order valence-corrected chi connectivity index (χ4v) is 4.31. The summed E-state index contributed by atoms with van der Waals surface area (Å²) < 4.78 is 12.6. The van der Waals surface area contributed by atoms with Crippen LogP contribution in [0.4, 0.5) is 0 Å². The van der Waals surface area contributed by atoms with Gasteiger partial charge in [-0.3, -0.25) is 9.59 Å². The largest absolute Gasteiger partial charge is 0.477 e. The first kappa shape index (κ1) is 25.0. The van der Waals surface area contributed by atoms with E-state index in [0.29, 0.717) is 24.4 Å². The minimum atomic E-state index is -0.367. The molecule has 5 nitrogen and oxygen atoms in total. The topological polar surface area (TPSA) is 59.8 Å². The molecule has 0 N–H and O–H groups in total. The molecule has 0 saturated carbocycles. The lowest BCUT2D eigenvalue weighted by atomic mass is 10.00. The summed E-state index contributed by atoms with van der Waals surface area (Å²) in [5.74, 6) is 0.559. The third kappa shape index (κ3) is 5.25. The van der Waals surface area contributed by atoms with E-state index >= 15 is 0 Å². The molecule has 0 atom stereocenters. The minimum Gasteiger partial charge on any atom is -0.477 e. The summed E-state index contributed by atoms with van der Waals surface area (Å²) in [5.41, 5.74) is 4.10. The van der Waals surface area contributed by atoms with Crippen LogP contribution in [0, 0.1) is 0 Å². The van der Waals surface area contributed by atoms with Crippen LogP contribution in [0.1, 0.15) is 61.0 Å². The van der Waals surface area contributed by atoms with Crippen molar-refractivity contribution in [1.29, 1.82) is 0 Å². The SMILES string of the molecule is CCN(CC)C(=O)/C=C(\C)c1ccc(OC(c2ccccc2)c2ccccc2)c2oc(C(C)=O)cc12. The highest BCUT2D eigenvalue weighted by molar-refractivity contribution is 6.03. The second kappa shape index (κ2) is 11.1. The number of fused-ring (bicyclic) bond motifs is 1. The molecular formula is C31H31NO4. The molecule has 3 aromatic carbocycles. The zero-order valence-electron chi connectivity index (χ0n) is 21.2. The fourth-order valence-electron chi connectivity index (χ4n) is 4.31. The van der Waals surface area contributed by atoms with Gasteiger partial charge in [0, 0.05) is 31.5 Å². The molecule has 36 heavy (non-hydrogen) atoms. The normalized spacial score (nSPS) is 11.6. The number of hydrogen-bond acceptors (Lipinski definition) is 4. The second-order valence-electron chi connectivity index (χ2n) is 8.68. The number of rotatable bonds is 9. The monoisotopic (exact) mass is 481 g/mol. The van der Waals surface area contributed by atoms with E-state index in [9.17, 15) is 9.59 Å². The number of carbonyl (C=O) groups excluding carboxylic acids is 2. The van der Waals surface area contributed by atoms with Crippen molar-refractivity contribution < 1.29 is 18.7 Å². The number of ketones is 1. The van der Waals surface area contributed by atoms with E-state index < -0.39 is 0 Å². The number of amides is 1. The van der Waals surface area contributed by atoms with Gasteiger partial charge in [-0.15, -0.1) is 0 Å². The average Bonchev–Trinajstić information content (AvgIpc) is 3.35. The van der Waals surface area contributed by atoms with Gasteiger partial charge in [0.1, 0.15) is 6.10 Å². The zero-order valence-corrected chi connectivity index (χ0v) is 21.2. The van der Waals surface area contributed by atoms with Gasteiger partial charge in [-0.2, -0.15) is 0 Å². The first-order chi connectivity index (χ1) is 17.4. The lowest BCUT2D eigenvalue weighted by Crippen LogP contribution is -2.28. The molecule has 0 radical (unpaired) electrons. The lowest BCUT2D eigenvalue weighted by Gasteiger charge is -2.21. The second-order valence-corrected chi connectivity index (χ2v) is 8.68. The molecule has 0 unspecified atom stereocenters. The summed E-state index contributed by atoms with van der Waals surface area (Å²) in [7, 11) is 0. The first-order valence-corrected chi connectivity index (χ1v) is 12.2. The molecule has 0 aliphatic rings. The molecule has 4 aromatic rings. The molecule has 0 fully saturated rings. The Labute approximate surface area is 212 Å². The quantitative estimate of drug-likeness (QED) is 0.189. The maximum atomic E-state index is 12.7. The van der Waals surface area contributed by atoms with Crippen LogP contribution in [-0.2, 0) is 4.79 Å². The number of allylic oxidation sites excluding steroid dienone is 1. The number of furan rings is 1. The van der Waals surface area contributed by atoms with Crippen LogP contribution in [0.5, 0.6) is 5.75 Å². The van der Waals surface area contributed by atoms with Gasteiger partial charge >= 0.3 is 0 Å². The Kier molecular flexibility index (Phi) is 7.69. The van der Waals surface area contributed by atoms with E-state index in [1.165, 1.54) is 6.92 Å². The molecule has 0 saturated heterocycles. The highest BCUT2D eigenvalue weighted by atomic mass is 16.5. The summed E-state index contributed by atoms with van der Waals surface area (Å²) in [6, 6.07) is 25.5. The smallest absolute Gasteiger partial charge is 0.246 e. The van der Waals surface area contributed by atoms with Gasteiger partial charge in [-0.25, -0.2) is 0 Å². The van der Waals surface area contributed by atoms with Gasteiger partial charge < -0.3 is 14.1 Å². The van der Waals surface area contributed by atoms with Crippen LogP contribution < -0.4 is 4.74 Å². The summed E-state index contributed by atoms with van der Waals surface area (Å²) in [6.45, 7) is 8.57. The molecular weight excluding hydrogens is 450 g/mol. The van der Waals surface area contributed by atoms with Crippen LogP contribution >= 0.6 is 0 Å². The number of benzene rings is 3. The van der Waals surface area contributed by atoms with Gasteiger partial charge in [0.05, 0.1) is 0 Å². The van der Waals surface area contributed by atoms with Gasteiger partial charge in [-0.05, 0) is 55.2 Å². The number of nitrogens with zero attached hydrogens (tertiary/aromatic N) is 1. The summed E-state index contributed by atoms with van der Waals surface area (Å²) in [4.78, 5) is 26.7. The predicted octanol–water partition coefficient (Wildman–Crippen LogP) is 7.08. The van der Waals surface area contributed by atoms with Crippen molar-refractivity contribution in [1.82, 2.24) is 4.90 Å². The minimum absolute atomic E-state index is 0.0468. The van der Waals surface area contributed by atoms with Gasteiger partial charge in [0.15, 0.2) is 22.9 Å². The molecule has 4 rings (SSSR count). The Bertz CT molecular complexity index is 1340. The van der Waals surface area contributed by atoms with Gasteiger partial charge in [-0.1, -0.05) is 66.7 Å². The maximum absolute atomic E-state index is 12.7. The number of carbonyl (C=O) groups is 2. The van der Waals surface area contributed by atoms with Crippen molar-refractivity contribution >= 4 is 28.2 Å². The van der Waals surface area contributed by atoms with E-state index in [2.05, 4.69) is 0 Å². The maximum Gasteiger partial charge on any atom is 0.246 e. The van der Waals surface area contributed by atoms with Crippen LogP contribution in [0.2, 0.25) is 0 Å². The molecule has 1 aromatic heterocycles. The van der Waals surface area contributed by atoms with Crippen molar-refractivity contribution in [2.45, 2.75) is 33.8 Å². The van der Waals surface area contributed by atoms with E-state index in [1.54, 1.807) is 17.0 Å². The molecule has 1 amide bonds. The summed E-state index contributed by atoms with van der Waals surface area (Å²) >= 11 is 0. The third-order valence-electron chi connectivity index (χ3n) is 6.28. The molecule has 5 heteroatoms.